The summed E-state index contributed by atoms with van der Waals surface area (Å²) in [6, 6.07) is 50.1. The molecular formula is C41H29N3. The van der Waals surface area contributed by atoms with Crippen molar-refractivity contribution in [1.82, 2.24) is 4.98 Å². The Morgan fingerprint density at radius 2 is 1.11 bits per heavy atom. The Hall–Kier alpha value is -5.93. The van der Waals surface area contributed by atoms with Crippen LogP contribution in [-0.2, 0) is 0 Å². The van der Waals surface area contributed by atoms with Crippen LogP contribution in [0.15, 0.2) is 169 Å². The van der Waals surface area contributed by atoms with Gasteiger partial charge < -0.3 is 5.41 Å². The van der Waals surface area contributed by atoms with E-state index < -0.39 is 0 Å². The van der Waals surface area contributed by atoms with Crippen LogP contribution in [0.4, 0.5) is 0 Å². The Kier molecular flexibility index (Phi) is 7.42. The lowest BCUT2D eigenvalue weighted by atomic mass is 9.96. The van der Waals surface area contributed by atoms with Gasteiger partial charge in [-0.3, -0.25) is 9.98 Å². The van der Waals surface area contributed by atoms with E-state index in [2.05, 4.69) is 126 Å². The second kappa shape index (κ2) is 12.1. The molecule has 6 aromatic carbocycles. The Morgan fingerprint density at radius 1 is 0.545 bits per heavy atom. The molecule has 3 nitrogen and oxygen atoms in total. The van der Waals surface area contributed by atoms with Crippen molar-refractivity contribution in [3.63, 3.8) is 0 Å². The van der Waals surface area contributed by atoms with Crippen molar-refractivity contribution in [2.24, 2.45) is 4.99 Å². The standard InChI is InChI=1S/C41H29N3/c42-40(34-23-21-33(22-24-34)39-16-6-11-31-9-2-4-14-37(31)39)26-41(35-12-7-25-43-28-35)44-27-29-17-19-32(20-18-29)38-15-5-10-30-8-1-3-13-36(30)38/h1-28,42H/b41-26-,42-40?,44-27?. The van der Waals surface area contributed by atoms with Crippen LogP contribution >= 0.6 is 0 Å². The minimum Gasteiger partial charge on any atom is -0.300 e. The molecule has 0 saturated heterocycles. The molecule has 0 saturated carbocycles. The number of allylic oxidation sites excluding steroid dienone is 1. The molecule has 3 heteroatoms. The van der Waals surface area contributed by atoms with E-state index in [-0.39, 0.29) is 0 Å². The fourth-order valence-corrected chi connectivity index (χ4v) is 5.61. The van der Waals surface area contributed by atoms with Gasteiger partial charge in [-0.1, -0.05) is 133 Å². The molecule has 7 aromatic rings. The summed E-state index contributed by atoms with van der Waals surface area (Å²) in [5.74, 6) is 0. The number of fused-ring (bicyclic) bond motifs is 2. The maximum Gasteiger partial charge on any atom is 0.0739 e. The van der Waals surface area contributed by atoms with Gasteiger partial charge in [-0.25, -0.2) is 0 Å². The van der Waals surface area contributed by atoms with Crippen LogP contribution in [0.5, 0.6) is 0 Å². The SMILES string of the molecule is N=C(/C=C(\N=Cc1ccc(-c2cccc3ccccc23)cc1)c1cccnc1)c1ccc(-c2cccc3ccccc23)cc1. The highest BCUT2D eigenvalue weighted by Gasteiger charge is 2.08. The van der Waals surface area contributed by atoms with Gasteiger partial charge >= 0.3 is 0 Å². The summed E-state index contributed by atoms with van der Waals surface area (Å²) in [7, 11) is 0. The van der Waals surface area contributed by atoms with E-state index >= 15 is 0 Å². The molecule has 0 aliphatic rings. The first-order valence-corrected chi connectivity index (χ1v) is 14.6. The van der Waals surface area contributed by atoms with Gasteiger partial charge in [0.2, 0.25) is 0 Å². The van der Waals surface area contributed by atoms with Crippen LogP contribution in [0.2, 0.25) is 0 Å². The zero-order chi connectivity index (χ0) is 29.7. The van der Waals surface area contributed by atoms with E-state index in [1.165, 1.54) is 32.7 Å². The van der Waals surface area contributed by atoms with Crippen molar-refractivity contribution in [3.8, 4) is 22.3 Å². The van der Waals surface area contributed by atoms with Gasteiger partial charge in [0, 0.05) is 24.2 Å². The van der Waals surface area contributed by atoms with Gasteiger partial charge in [-0.2, -0.15) is 0 Å². The topological polar surface area (TPSA) is 49.1 Å². The predicted octanol–water partition coefficient (Wildman–Crippen LogP) is 10.3. The second-order valence-electron chi connectivity index (χ2n) is 10.7. The Morgan fingerprint density at radius 3 is 1.70 bits per heavy atom. The number of benzene rings is 6. The van der Waals surface area contributed by atoms with Gasteiger partial charge in [0.05, 0.1) is 11.4 Å². The van der Waals surface area contributed by atoms with Crippen molar-refractivity contribution in [2.75, 3.05) is 0 Å². The monoisotopic (exact) mass is 563 g/mol. The second-order valence-corrected chi connectivity index (χ2v) is 10.7. The minimum atomic E-state index is 0.386. The first kappa shape index (κ1) is 26.9. The molecule has 1 N–H and O–H groups in total. The molecule has 0 unspecified atom stereocenters. The quantitative estimate of drug-likeness (QED) is 0.193. The first-order valence-electron chi connectivity index (χ1n) is 14.6. The molecule has 7 rings (SSSR count). The van der Waals surface area contributed by atoms with Crippen LogP contribution in [0.1, 0.15) is 16.7 Å². The third kappa shape index (κ3) is 5.59. The molecule has 1 heterocycles. The van der Waals surface area contributed by atoms with E-state index in [9.17, 15) is 0 Å². The summed E-state index contributed by atoms with van der Waals surface area (Å²) in [4.78, 5) is 9.13. The van der Waals surface area contributed by atoms with Crippen molar-refractivity contribution < 1.29 is 0 Å². The summed E-state index contributed by atoms with van der Waals surface area (Å²) >= 11 is 0. The minimum absolute atomic E-state index is 0.386. The highest BCUT2D eigenvalue weighted by Crippen LogP contribution is 2.30. The Labute approximate surface area is 257 Å². The smallest absolute Gasteiger partial charge is 0.0739 e. The average Bonchev–Trinajstić information content (AvgIpc) is 3.10. The summed E-state index contributed by atoms with van der Waals surface area (Å²) in [6.07, 6.45) is 7.19. The molecule has 0 fully saturated rings. The average molecular weight is 564 g/mol. The lowest BCUT2D eigenvalue weighted by Crippen LogP contribution is -1.97. The molecule has 1 aromatic heterocycles. The fraction of sp³-hybridized carbons (Fsp3) is 0. The van der Waals surface area contributed by atoms with E-state index in [1.54, 1.807) is 12.4 Å². The molecule has 0 aliphatic carbocycles. The summed E-state index contributed by atoms with van der Waals surface area (Å²) in [5, 5.41) is 13.8. The molecule has 0 bridgehead atoms. The van der Waals surface area contributed by atoms with Crippen LogP contribution < -0.4 is 0 Å². The zero-order valence-corrected chi connectivity index (χ0v) is 24.1. The maximum absolute atomic E-state index is 8.92. The van der Waals surface area contributed by atoms with Crippen molar-refractivity contribution >= 4 is 39.2 Å². The number of hydrogen-bond acceptors (Lipinski definition) is 3. The zero-order valence-electron chi connectivity index (χ0n) is 24.1. The Balaban J connectivity index is 1.16. The lowest BCUT2D eigenvalue weighted by molar-refractivity contribution is 1.30. The normalized spacial score (nSPS) is 11.8. The molecule has 44 heavy (non-hydrogen) atoms. The third-order valence-corrected chi connectivity index (χ3v) is 7.90. The number of nitrogens with one attached hydrogen (secondary N) is 1. The van der Waals surface area contributed by atoms with E-state index in [4.69, 9.17) is 10.4 Å². The van der Waals surface area contributed by atoms with Crippen molar-refractivity contribution in [1.29, 1.82) is 5.41 Å². The summed E-state index contributed by atoms with van der Waals surface area (Å²) in [5.41, 5.74) is 8.41. The molecule has 0 spiro atoms. The number of pyridine rings is 1. The number of aliphatic imine (C=N–C) groups is 1. The van der Waals surface area contributed by atoms with Gasteiger partial charge in [0.1, 0.15) is 0 Å². The van der Waals surface area contributed by atoms with Gasteiger partial charge in [0.25, 0.3) is 0 Å². The van der Waals surface area contributed by atoms with Crippen molar-refractivity contribution in [2.45, 2.75) is 0 Å². The van der Waals surface area contributed by atoms with Crippen LogP contribution in [0, 0.1) is 5.41 Å². The lowest BCUT2D eigenvalue weighted by Gasteiger charge is -2.09. The first-order chi connectivity index (χ1) is 21.7. The number of hydrogen-bond donors (Lipinski definition) is 1. The molecule has 0 radical (unpaired) electrons. The Bertz CT molecular complexity index is 2150. The predicted molar refractivity (Wildman–Crippen MR) is 185 cm³/mol. The van der Waals surface area contributed by atoms with E-state index in [0.717, 1.165) is 27.8 Å². The van der Waals surface area contributed by atoms with E-state index in [1.807, 2.05) is 36.6 Å². The fourth-order valence-electron chi connectivity index (χ4n) is 5.61. The van der Waals surface area contributed by atoms with Crippen LogP contribution in [0.25, 0.3) is 49.5 Å². The number of aromatic nitrogens is 1. The third-order valence-electron chi connectivity index (χ3n) is 7.90. The van der Waals surface area contributed by atoms with Crippen LogP contribution in [-0.4, -0.2) is 16.9 Å². The largest absolute Gasteiger partial charge is 0.300 e. The molecule has 0 atom stereocenters. The molecule has 0 amide bonds. The van der Waals surface area contributed by atoms with Crippen LogP contribution in [0.3, 0.4) is 0 Å². The maximum atomic E-state index is 8.92. The van der Waals surface area contributed by atoms with Gasteiger partial charge in [-0.05, 0) is 73.1 Å². The highest BCUT2D eigenvalue weighted by atomic mass is 14.7. The number of rotatable bonds is 7. The van der Waals surface area contributed by atoms with Gasteiger partial charge in [-0.15, -0.1) is 0 Å². The van der Waals surface area contributed by atoms with Crippen molar-refractivity contribution in [3.05, 3.63) is 181 Å². The summed E-state index contributed by atoms with van der Waals surface area (Å²) < 4.78 is 0. The molecule has 208 valence electrons. The number of nitrogens with zero attached hydrogens (tertiary/aromatic N) is 2. The highest BCUT2D eigenvalue weighted by molar-refractivity contribution is 6.11. The molecule has 0 aliphatic heterocycles. The molecular weight excluding hydrogens is 534 g/mol. The van der Waals surface area contributed by atoms with Gasteiger partial charge in [0.15, 0.2) is 0 Å². The van der Waals surface area contributed by atoms with E-state index in [0.29, 0.717) is 11.4 Å². The summed E-state index contributed by atoms with van der Waals surface area (Å²) in [6.45, 7) is 0.